The van der Waals surface area contributed by atoms with Crippen LogP contribution in [-0.2, 0) is 14.2 Å². The van der Waals surface area contributed by atoms with Gasteiger partial charge in [-0.15, -0.1) is 6.58 Å². The minimum absolute atomic E-state index is 0.141. The van der Waals surface area contributed by atoms with E-state index in [1.165, 1.54) is 0 Å². The summed E-state index contributed by atoms with van der Waals surface area (Å²) < 4.78 is 15.7. The number of hydrogen-bond acceptors (Lipinski definition) is 3. The van der Waals surface area contributed by atoms with Gasteiger partial charge >= 0.3 is 0 Å². The smallest absolute Gasteiger partial charge is 0.163 e. The molecule has 0 aromatic heterocycles. The van der Waals surface area contributed by atoms with Crippen molar-refractivity contribution in [1.29, 1.82) is 0 Å². The molecule has 82 valence electrons. The highest BCUT2D eigenvalue weighted by Gasteiger charge is 2.21. The zero-order valence-electron chi connectivity index (χ0n) is 9.50. The van der Waals surface area contributed by atoms with Gasteiger partial charge in [-0.25, -0.2) is 0 Å². The molecule has 0 spiro atoms. The van der Waals surface area contributed by atoms with Crippen molar-refractivity contribution in [3.05, 3.63) is 25.0 Å². The summed E-state index contributed by atoms with van der Waals surface area (Å²) in [5, 5.41) is 0. The van der Waals surface area contributed by atoms with E-state index >= 15 is 0 Å². The van der Waals surface area contributed by atoms with E-state index in [0.29, 0.717) is 12.2 Å². The Hall–Kier alpha value is -0.800. The van der Waals surface area contributed by atoms with Crippen LogP contribution in [0.4, 0.5) is 0 Å². The Morgan fingerprint density at radius 1 is 1.43 bits per heavy atom. The number of ether oxygens (including phenoxy) is 3. The molecule has 3 heteroatoms. The second kappa shape index (κ2) is 5.83. The van der Waals surface area contributed by atoms with Crippen LogP contribution in [0.5, 0.6) is 0 Å². The lowest BCUT2D eigenvalue weighted by molar-refractivity contribution is -0.214. The van der Waals surface area contributed by atoms with Crippen LogP contribution in [0.3, 0.4) is 0 Å². The van der Waals surface area contributed by atoms with Gasteiger partial charge in [-0.1, -0.05) is 12.7 Å². The van der Waals surface area contributed by atoms with E-state index < -0.39 is 5.79 Å². The van der Waals surface area contributed by atoms with Crippen molar-refractivity contribution in [3.8, 4) is 0 Å². The lowest BCUT2D eigenvalue weighted by Crippen LogP contribution is -2.31. The Morgan fingerprint density at radius 2 is 2.00 bits per heavy atom. The van der Waals surface area contributed by atoms with Gasteiger partial charge < -0.3 is 14.2 Å². The molecule has 0 aromatic rings. The fourth-order valence-corrected chi connectivity index (χ4v) is 0.893. The summed E-state index contributed by atoms with van der Waals surface area (Å²) in [6.45, 7) is 11.1. The molecule has 0 saturated heterocycles. The van der Waals surface area contributed by atoms with Crippen LogP contribution in [0, 0.1) is 0 Å². The summed E-state index contributed by atoms with van der Waals surface area (Å²) >= 11 is 0. The summed E-state index contributed by atoms with van der Waals surface area (Å²) in [4.78, 5) is 0. The normalized spacial score (nSPS) is 13.4. The molecule has 0 heterocycles. The molecule has 14 heavy (non-hydrogen) atoms. The van der Waals surface area contributed by atoms with E-state index in [1.807, 2.05) is 13.8 Å². The van der Waals surface area contributed by atoms with Crippen LogP contribution < -0.4 is 0 Å². The summed E-state index contributed by atoms with van der Waals surface area (Å²) in [6.07, 6.45) is 2.16. The zero-order valence-corrected chi connectivity index (χ0v) is 9.50. The highest BCUT2D eigenvalue weighted by molar-refractivity contribution is 4.93. The van der Waals surface area contributed by atoms with Crippen LogP contribution >= 0.6 is 0 Å². The van der Waals surface area contributed by atoms with E-state index in [1.54, 1.807) is 20.3 Å². The second-order valence-corrected chi connectivity index (χ2v) is 3.44. The van der Waals surface area contributed by atoms with Crippen LogP contribution in [0.25, 0.3) is 0 Å². The Labute approximate surface area is 86.4 Å². The molecule has 0 saturated carbocycles. The van der Waals surface area contributed by atoms with Crippen LogP contribution in [0.15, 0.2) is 25.0 Å². The first kappa shape index (κ1) is 13.2. The SMILES string of the molecule is C=CC(CC(=C)OC)OC(C)(C)OC. The molecule has 3 nitrogen and oxygen atoms in total. The Balaban J connectivity index is 4.16. The molecular formula is C11H20O3. The molecule has 1 atom stereocenters. The zero-order chi connectivity index (χ0) is 11.2. The average molecular weight is 200 g/mol. The van der Waals surface area contributed by atoms with Gasteiger partial charge in [0, 0.05) is 13.5 Å². The maximum absolute atomic E-state index is 5.63. The summed E-state index contributed by atoms with van der Waals surface area (Å²) in [6, 6.07) is 0. The molecule has 0 aliphatic rings. The van der Waals surface area contributed by atoms with Gasteiger partial charge in [0.25, 0.3) is 0 Å². The number of hydrogen-bond donors (Lipinski definition) is 0. The van der Waals surface area contributed by atoms with E-state index in [0.717, 1.165) is 0 Å². The Kier molecular flexibility index (Phi) is 5.50. The molecule has 0 fully saturated rings. The van der Waals surface area contributed by atoms with Gasteiger partial charge in [-0.05, 0) is 13.8 Å². The van der Waals surface area contributed by atoms with Crippen molar-refractivity contribution in [2.75, 3.05) is 14.2 Å². The number of methoxy groups -OCH3 is 2. The highest BCUT2D eigenvalue weighted by atomic mass is 16.7. The molecule has 0 aliphatic carbocycles. The van der Waals surface area contributed by atoms with Gasteiger partial charge in [-0.3, -0.25) is 0 Å². The number of rotatable bonds is 7. The van der Waals surface area contributed by atoms with E-state index in [9.17, 15) is 0 Å². The van der Waals surface area contributed by atoms with Crippen LogP contribution in [0.1, 0.15) is 20.3 Å². The topological polar surface area (TPSA) is 27.7 Å². The van der Waals surface area contributed by atoms with Gasteiger partial charge in [-0.2, -0.15) is 0 Å². The van der Waals surface area contributed by atoms with E-state index in [4.69, 9.17) is 14.2 Å². The minimum Gasteiger partial charge on any atom is -0.502 e. The summed E-state index contributed by atoms with van der Waals surface area (Å²) in [5.74, 6) is 0.0502. The highest BCUT2D eigenvalue weighted by Crippen LogP contribution is 2.17. The molecule has 0 aromatic carbocycles. The molecule has 0 aliphatic heterocycles. The van der Waals surface area contributed by atoms with Gasteiger partial charge in [0.2, 0.25) is 0 Å². The molecule has 1 unspecified atom stereocenters. The second-order valence-electron chi connectivity index (χ2n) is 3.44. The third kappa shape index (κ3) is 5.04. The molecule has 0 amide bonds. The quantitative estimate of drug-likeness (QED) is 0.359. The first-order chi connectivity index (χ1) is 6.45. The Bertz CT molecular complexity index is 197. The predicted molar refractivity (Wildman–Crippen MR) is 56.9 cm³/mol. The standard InChI is InChI=1S/C11H20O3/c1-7-10(8-9(2)12-5)14-11(3,4)13-6/h7,10H,1-2,8H2,3-6H3. The fourth-order valence-electron chi connectivity index (χ4n) is 0.893. The van der Waals surface area contributed by atoms with Crippen molar-refractivity contribution < 1.29 is 14.2 Å². The first-order valence-corrected chi connectivity index (χ1v) is 4.52. The third-order valence-corrected chi connectivity index (χ3v) is 1.91. The molecule has 0 radical (unpaired) electrons. The van der Waals surface area contributed by atoms with E-state index in [2.05, 4.69) is 13.2 Å². The lowest BCUT2D eigenvalue weighted by atomic mass is 10.2. The average Bonchev–Trinajstić information content (AvgIpc) is 2.16. The summed E-state index contributed by atoms with van der Waals surface area (Å²) in [7, 11) is 3.19. The van der Waals surface area contributed by atoms with Gasteiger partial charge in [0.05, 0.1) is 19.0 Å². The maximum atomic E-state index is 5.63. The van der Waals surface area contributed by atoms with Crippen molar-refractivity contribution in [3.63, 3.8) is 0 Å². The van der Waals surface area contributed by atoms with E-state index in [-0.39, 0.29) is 6.10 Å². The lowest BCUT2D eigenvalue weighted by Gasteiger charge is -2.28. The van der Waals surface area contributed by atoms with Crippen molar-refractivity contribution in [1.82, 2.24) is 0 Å². The Morgan fingerprint density at radius 3 is 2.36 bits per heavy atom. The van der Waals surface area contributed by atoms with Crippen molar-refractivity contribution in [2.24, 2.45) is 0 Å². The molecular weight excluding hydrogens is 180 g/mol. The monoisotopic (exact) mass is 200 g/mol. The minimum atomic E-state index is -0.618. The predicted octanol–water partition coefficient (Wildman–Crippen LogP) is 2.49. The third-order valence-electron chi connectivity index (χ3n) is 1.91. The largest absolute Gasteiger partial charge is 0.502 e. The first-order valence-electron chi connectivity index (χ1n) is 4.52. The van der Waals surface area contributed by atoms with Crippen molar-refractivity contribution in [2.45, 2.75) is 32.2 Å². The van der Waals surface area contributed by atoms with Crippen LogP contribution in [0.2, 0.25) is 0 Å². The molecule has 0 N–H and O–H groups in total. The van der Waals surface area contributed by atoms with Crippen molar-refractivity contribution >= 4 is 0 Å². The van der Waals surface area contributed by atoms with Crippen LogP contribution in [-0.4, -0.2) is 26.1 Å². The van der Waals surface area contributed by atoms with Gasteiger partial charge in [0.1, 0.15) is 0 Å². The summed E-state index contributed by atoms with van der Waals surface area (Å²) in [5.41, 5.74) is 0. The fraction of sp³-hybridized carbons (Fsp3) is 0.636. The maximum Gasteiger partial charge on any atom is 0.163 e. The van der Waals surface area contributed by atoms with Gasteiger partial charge in [0.15, 0.2) is 5.79 Å². The molecule has 0 rings (SSSR count). The molecule has 0 bridgehead atoms.